The van der Waals surface area contributed by atoms with Crippen molar-refractivity contribution in [3.63, 3.8) is 0 Å². The van der Waals surface area contributed by atoms with Crippen molar-refractivity contribution in [2.75, 3.05) is 5.32 Å². The molecule has 6 aliphatic rings. The van der Waals surface area contributed by atoms with Crippen molar-refractivity contribution in [2.24, 2.45) is 29.1 Å². The Morgan fingerprint density at radius 2 is 1.80 bits per heavy atom. The summed E-state index contributed by atoms with van der Waals surface area (Å²) in [5.41, 5.74) is 0.122. The maximum absolute atomic E-state index is 14.4. The number of carbonyl (C=O) groups is 4. The van der Waals surface area contributed by atoms with Crippen molar-refractivity contribution in [3.05, 3.63) is 53.6 Å². The highest BCUT2D eigenvalue weighted by molar-refractivity contribution is 6.43. The van der Waals surface area contributed by atoms with Gasteiger partial charge < -0.3 is 20.1 Å². The topological polar surface area (TPSA) is 117 Å². The van der Waals surface area contributed by atoms with Gasteiger partial charge in [-0.1, -0.05) is 50.3 Å². The number of hydrogen-bond donors (Lipinski definition) is 2. The summed E-state index contributed by atoms with van der Waals surface area (Å²) in [4.78, 5) is 54.2. The van der Waals surface area contributed by atoms with Crippen molar-refractivity contribution in [1.82, 2.24) is 5.32 Å². The number of rotatable bonds is 2. The van der Waals surface area contributed by atoms with Crippen LogP contribution in [0.1, 0.15) is 58.9 Å². The fourth-order valence-electron chi connectivity index (χ4n) is 8.54. The maximum atomic E-state index is 14.4. The number of carbonyl (C=O) groups excluding carboxylic acids is 4. The van der Waals surface area contributed by atoms with Crippen molar-refractivity contribution in [2.45, 2.75) is 83.0 Å². The van der Waals surface area contributed by atoms with Gasteiger partial charge in [0.05, 0.1) is 11.7 Å². The standard InChI is InChI=1S/C32H36N2O6/c1-16-8-7-10-20-27-30(4,39-27)18(3)25-22(15-31-19-9-5-6-11-21(19)34-29(31)40-31)33-28(38)32(20,25)24(36)13-12-23(35)26(37)17(2)14-16/h5-7,9-11,14,16,18,20,22,25,27,29,34H,8,12-13,15H2,1-4H3,(H,33,38)/t16-,18-,20-,22-,25-,27-,29?,30+,31?,32+/m0/s1. The summed E-state index contributed by atoms with van der Waals surface area (Å²) in [6, 6.07) is 7.74. The van der Waals surface area contributed by atoms with Crippen molar-refractivity contribution < 1.29 is 28.7 Å². The van der Waals surface area contributed by atoms with Gasteiger partial charge in [0.1, 0.15) is 16.8 Å². The van der Waals surface area contributed by atoms with E-state index in [9.17, 15) is 19.2 Å². The number of nitrogens with one attached hydrogen (secondary N) is 2. The van der Waals surface area contributed by atoms with E-state index in [-0.39, 0.29) is 60.7 Å². The van der Waals surface area contributed by atoms with Crippen LogP contribution in [0.3, 0.4) is 0 Å². The van der Waals surface area contributed by atoms with Gasteiger partial charge >= 0.3 is 0 Å². The van der Waals surface area contributed by atoms with Crippen LogP contribution in [0.15, 0.2) is 48.1 Å². The van der Waals surface area contributed by atoms with Gasteiger partial charge in [-0.2, -0.15) is 0 Å². The molecule has 7 rings (SSSR count). The number of para-hydroxylation sites is 1. The summed E-state index contributed by atoms with van der Waals surface area (Å²) in [5, 5.41) is 6.68. The molecule has 210 valence electrons. The predicted octanol–water partition coefficient (Wildman–Crippen LogP) is 3.61. The lowest BCUT2D eigenvalue weighted by molar-refractivity contribution is -0.149. The molecule has 1 saturated carbocycles. The van der Waals surface area contributed by atoms with Crippen LogP contribution in [0.5, 0.6) is 0 Å². The van der Waals surface area contributed by atoms with E-state index in [4.69, 9.17) is 9.47 Å². The summed E-state index contributed by atoms with van der Waals surface area (Å²) < 4.78 is 12.6. The molecule has 0 bridgehead atoms. The molecule has 4 heterocycles. The highest BCUT2D eigenvalue weighted by atomic mass is 16.6. The summed E-state index contributed by atoms with van der Waals surface area (Å²) >= 11 is 0. The number of hydrogen-bond acceptors (Lipinski definition) is 7. The molecule has 4 aliphatic heterocycles. The average molecular weight is 545 g/mol. The number of ether oxygens (including phenoxy) is 2. The first-order valence-corrected chi connectivity index (χ1v) is 14.5. The number of fused-ring (bicyclic) bond motifs is 5. The monoisotopic (exact) mass is 544 g/mol. The molecule has 8 nitrogen and oxygen atoms in total. The normalized spacial score (nSPS) is 45.3. The van der Waals surface area contributed by atoms with E-state index in [2.05, 4.69) is 30.5 Å². The zero-order chi connectivity index (χ0) is 28.2. The van der Waals surface area contributed by atoms with Gasteiger partial charge in [-0.25, -0.2) is 0 Å². The van der Waals surface area contributed by atoms with Gasteiger partial charge in [-0.05, 0) is 43.7 Å². The van der Waals surface area contributed by atoms with E-state index >= 15 is 0 Å². The van der Waals surface area contributed by atoms with E-state index in [1.165, 1.54) is 0 Å². The first-order valence-electron chi connectivity index (χ1n) is 14.5. The number of anilines is 1. The van der Waals surface area contributed by atoms with E-state index < -0.39 is 34.1 Å². The highest BCUT2D eigenvalue weighted by Crippen LogP contribution is 2.68. The molecule has 0 aromatic heterocycles. The molecule has 8 heteroatoms. The molecule has 40 heavy (non-hydrogen) atoms. The molecule has 1 aromatic carbocycles. The van der Waals surface area contributed by atoms with E-state index in [1.54, 1.807) is 6.92 Å². The van der Waals surface area contributed by atoms with Crippen molar-refractivity contribution in [1.29, 1.82) is 0 Å². The fraction of sp³-hybridized carbons (Fsp3) is 0.562. The first kappa shape index (κ1) is 25.8. The lowest BCUT2D eigenvalue weighted by Gasteiger charge is -2.46. The lowest BCUT2D eigenvalue weighted by Crippen LogP contribution is -2.58. The average Bonchev–Trinajstić information content (AvgIpc) is 3.75. The second kappa shape index (κ2) is 8.46. The summed E-state index contributed by atoms with van der Waals surface area (Å²) in [6.45, 7) is 7.82. The van der Waals surface area contributed by atoms with Gasteiger partial charge in [0.2, 0.25) is 17.5 Å². The largest absolute Gasteiger partial charge is 0.365 e. The Hall–Kier alpha value is -3.10. The minimum atomic E-state index is -1.38. The zero-order valence-electron chi connectivity index (χ0n) is 23.4. The molecule has 2 aliphatic carbocycles. The molecule has 4 fully saturated rings. The second-order valence-corrected chi connectivity index (χ2v) is 13.0. The molecule has 1 aromatic rings. The van der Waals surface area contributed by atoms with E-state index in [1.807, 2.05) is 43.4 Å². The molecule has 1 amide bonds. The molecule has 2 unspecified atom stereocenters. The Bertz CT molecular complexity index is 1420. The van der Waals surface area contributed by atoms with Gasteiger partial charge in [-0.15, -0.1) is 0 Å². The van der Waals surface area contributed by atoms with E-state index in [0.717, 1.165) is 11.3 Å². The second-order valence-electron chi connectivity index (χ2n) is 13.0. The van der Waals surface area contributed by atoms with Crippen LogP contribution in [0.4, 0.5) is 5.69 Å². The van der Waals surface area contributed by atoms with Crippen LogP contribution in [-0.4, -0.2) is 47.2 Å². The third-order valence-corrected chi connectivity index (χ3v) is 10.8. The Labute approximate surface area is 233 Å². The molecule has 3 saturated heterocycles. The minimum absolute atomic E-state index is 0.0216. The van der Waals surface area contributed by atoms with Crippen LogP contribution < -0.4 is 10.6 Å². The Kier molecular flexibility index (Phi) is 5.46. The third-order valence-electron chi connectivity index (χ3n) is 10.8. The predicted molar refractivity (Wildman–Crippen MR) is 146 cm³/mol. The summed E-state index contributed by atoms with van der Waals surface area (Å²) in [7, 11) is 0. The number of Topliss-reactive ketones (excluding diaryl/α,β-unsaturated/α-hetero) is 3. The number of allylic oxidation sites excluding steroid dienone is 3. The zero-order valence-corrected chi connectivity index (χ0v) is 23.4. The lowest BCUT2D eigenvalue weighted by atomic mass is 9.51. The van der Waals surface area contributed by atoms with Crippen LogP contribution >= 0.6 is 0 Å². The van der Waals surface area contributed by atoms with Crippen LogP contribution in [0.2, 0.25) is 0 Å². The molecule has 1 spiro atoms. The Morgan fingerprint density at radius 3 is 2.60 bits per heavy atom. The van der Waals surface area contributed by atoms with Gasteiger partial charge in [0.25, 0.3) is 0 Å². The first-order chi connectivity index (χ1) is 19.0. The van der Waals surface area contributed by atoms with Gasteiger partial charge in [0, 0.05) is 48.4 Å². The SMILES string of the molecule is CC1=C[C@@H](C)CC=C[C@H]2[C@@H]3O[C@]3(C)[C@@H](C)[C@H]3[C@H](CC45OC4Nc4ccccc45)NC(=O)[C@]32C(=O)CCC(=O)C1=O. The molecule has 10 atom stereocenters. The van der Waals surface area contributed by atoms with E-state index in [0.29, 0.717) is 18.4 Å². The maximum Gasteiger partial charge on any atom is 0.235 e. The highest BCUT2D eigenvalue weighted by Gasteiger charge is 2.79. The fourth-order valence-corrected chi connectivity index (χ4v) is 8.54. The number of amides is 1. The van der Waals surface area contributed by atoms with Crippen LogP contribution in [-0.2, 0) is 34.3 Å². The van der Waals surface area contributed by atoms with Crippen LogP contribution in [0, 0.1) is 29.1 Å². The van der Waals surface area contributed by atoms with Crippen LogP contribution in [0.25, 0.3) is 0 Å². The summed E-state index contributed by atoms with van der Waals surface area (Å²) in [5.74, 6) is -2.59. The van der Waals surface area contributed by atoms with Crippen molar-refractivity contribution in [3.8, 4) is 0 Å². The minimum Gasteiger partial charge on any atom is -0.365 e. The third kappa shape index (κ3) is 3.32. The molecular weight excluding hydrogens is 508 g/mol. The molecular formula is C32H36N2O6. The Morgan fingerprint density at radius 1 is 1.02 bits per heavy atom. The number of epoxide rings is 2. The number of benzene rings is 1. The molecule has 0 radical (unpaired) electrons. The Balaban J connectivity index is 1.30. The van der Waals surface area contributed by atoms with Gasteiger partial charge in [0.15, 0.2) is 6.23 Å². The van der Waals surface area contributed by atoms with Crippen molar-refractivity contribution >= 4 is 28.9 Å². The summed E-state index contributed by atoms with van der Waals surface area (Å²) in [6.07, 6.45) is 6.21. The number of ketones is 3. The smallest absolute Gasteiger partial charge is 0.235 e. The van der Waals surface area contributed by atoms with Gasteiger partial charge in [-0.3, -0.25) is 19.2 Å². The quantitative estimate of drug-likeness (QED) is 0.253. The molecule has 2 N–H and O–H groups in total.